The van der Waals surface area contributed by atoms with E-state index in [9.17, 15) is 0 Å². The van der Waals surface area contributed by atoms with Crippen molar-refractivity contribution in [3.05, 3.63) is 23.8 Å². The Balaban J connectivity index is 2.14. The van der Waals surface area contributed by atoms with Crippen LogP contribution in [-0.4, -0.2) is 19.3 Å². The monoisotopic (exact) mass is 291 g/mol. The molecule has 3 heteroatoms. The van der Waals surface area contributed by atoms with E-state index in [1.807, 2.05) is 12.1 Å². The van der Waals surface area contributed by atoms with Gasteiger partial charge >= 0.3 is 0 Å². The van der Waals surface area contributed by atoms with E-state index in [-0.39, 0.29) is 6.04 Å². The fourth-order valence-corrected chi connectivity index (χ4v) is 2.96. The van der Waals surface area contributed by atoms with Gasteiger partial charge in [0.05, 0.1) is 13.2 Å². The Morgan fingerprint density at radius 1 is 1.24 bits per heavy atom. The molecule has 21 heavy (non-hydrogen) atoms. The average Bonchev–Trinajstić information content (AvgIpc) is 2.50. The van der Waals surface area contributed by atoms with Crippen molar-refractivity contribution in [3.63, 3.8) is 0 Å². The number of benzene rings is 1. The molecule has 1 aliphatic rings. The van der Waals surface area contributed by atoms with Gasteiger partial charge in [-0.05, 0) is 56.1 Å². The lowest BCUT2D eigenvalue weighted by Crippen LogP contribution is -2.25. The third kappa shape index (κ3) is 4.37. The van der Waals surface area contributed by atoms with Crippen LogP contribution in [-0.2, 0) is 6.42 Å². The summed E-state index contributed by atoms with van der Waals surface area (Å²) in [5.41, 5.74) is 7.29. The standard InChI is InChI=1S/C18H29NO2/c1-4-15(19)12-14-6-5-7-17(20-3)18(14)21-16-10-8-13(2)9-11-16/h5-7,13,15-16H,4,8-12,19H2,1-3H3. The summed E-state index contributed by atoms with van der Waals surface area (Å²) in [6, 6.07) is 6.28. The maximum Gasteiger partial charge on any atom is 0.164 e. The zero-order valence-electron chi connectivity index (χ0n) is 13.6. The Hall–Kier alpha value is -1.22. The molecule has 0 heterocycles. The van der Waals surface area contributed by atoms with Gasteiger partial charge in [0.15, 0.2) is 11.5 Å². The van der Waals surface area contributed by atoms with E-state index in [0.717, 1.165) is 43.1 Å². The molecule has 0 saturated heterocycles. The normalized spacial score (nSPS) is 23.6. The van der Waals surface area contributed by atoms with Crippen molar-refractivity contribution < 1.29 is 9.47 Å². The lowest BCUT2D eigenvalue weighted by atomic mass is 9.89. The van der Waals surface area contributed by atoms with E-state index in [4.69, 9.17) is 15.2 Å². The van der Waals surface area contributed by atoms with E-state index in [1.165, 1.54) is 18.4 Å². The molecule has 1 saturated carbocycles. The number of para-hydroxylation sites is 1. The van der Waals surface area contributed by atoms with Crippen molar-refractivity contribution in [3.8, 4) is 11.5 Å². The molecule has 1 atom stereocenters. The van der Waals surface area contributed by atoms with Crippen molar-refractivity contribution in [2.75, 3.05) is 7.11 Å². The third-order valence-corrected chi connectivity index (χ3v) is 4.53. The third-order valence-electron chi connectivity index (χ3n) is 4.53. The number of ether oxygens (including phenoxy) is 2. The highest BCUT2D eigenvalue weighted by Crippen LogP contribution is 2.35. The number of methoxy groups -OCH3 is 1. The lowest BCUT2D eigenvalue weighted by Gasteiger charge is -2.28. The lowest BCUT2D eigenvalue weighted by molar-refractivity contribution is 0.130. The fourth-order valence-electron chi connectivity index (χ4n) is 2.96. The molecular formula is C18H29NO2. The number of hydrogen-bond acceptors (Lipinski definition) is 3. The van der Waals surface area contributed by atoms with E-state index < -0.39 is 0 Å². The van der Waals surface area contributed by atoms with Crippen molar-refractivity contribution in [1.82, 2.24) is 0 Å². The molecule has 0 bridgehead atoms. The second-order valence-corrected chi connectivity index (χ2v) is 6.32. The Bertz CT molecular complexity index is 439. The zero-order valence-corrected chi connectivity index (χ0v) is 13.6. The molecule has 1 aliphatic carbocycles. The van der Waals surface area contributed by atoms with Gasteiger partial charge in [0, 0.05) is 6.04 Å². The van der Waals surface area contributed by atoms with Crippen molar-refractivity contribution >= 4 is 0 Å². The Morgan fingerprint density at radius 2 is 1.95 bits per heavy atom. The van der Waals surface area contributed by atoms with Gasteiger partial charge in [-0.2, -0.15) is 0 Å². The first-order valence-corrected chi connectivity index (χ1v) is 8.22. The second kappa shape index (κ2) is 7.69. The Kier molecular flexibility index (Phi) is 5.92. The van der Waals surface area contributed by atoms with Crippen molar-refractivity contribution in [2.45, 2.75) is 64.5 Å². The molecule has 0 aliphatic heterocycles. The van der Waals surface area contributed by atoms with Crippen LogP contribution in [0.2, 0.25) is 0 Å². The van der Waals surface area contributed by atoms with Crippen LogP contribution in [0.15, 0.2) is 18.2 Å². The highest BCUT2D eigenvalue weighted by Gasteiger charge is 2.22. The summed E-state index contributed by atoms with van der Waals surface area (Å²) >= 11 is 0. The first-order valence-electron chi connectivity index (χ1n) is 8.22. The van der Waals surface area contributed by atoms with Gasteiger partial charge in [0.25, 0.3) is 0 Å². The fraction of sp³-hybridized carbons (Fsp3) is 0.667. The molecule has 0 spiro atoms. The minimum Gasteiger partial charge on any atom is -0.493 e. The van der Waals surface area contributed by atoms with Crippen molar-refractivity contribution in [2.24, 2.45) is 11.7 Å². The average molecular weight is 291 g/mol. The molecule has 0 radical (unpaired) electrons. The molecule has 1 fully saturated rings. The van der Waals surface area contributed by atoms with Gasteiger partial charge < -0.3 is 15.2 Å². The van der Waals surface area contributed by atoms with Crippen LogP contribution in [0.3, 0.4) is 0 Å². The highest BCUT2D eigenvalue weighted by atomic mass is 16.5. The predicted molar refractivity (Wildman–Crippen MR) is 87.0 cm³/mol. The van der Waals surface area contributed by atoms with Crippen LogP contribution >= 0.6 is 0 Å². The van der Waals surface area contributed by atoms with Gasteiger partial charge in [-0.3, -0.25) is 0 Å². The van der Waals surface area contributed by atoms with E-state index in [2.05, 4.69) is 19.9 Å². The van der Waals surface area contributed by atoms with Crippen LogP contribution in [0.25, 0.3) is 0 Å². The molecular weight excluding hydrogens is 262 g/mol. The topological polar surface area (TPSA) is 44.5 Å². The Labute approximate surface area is 128 Å². The first kappa shape index (κ1) is 16.2. The van der Waals surface area contributed by atoms with Gasteiger partial charge in [-0.25, -0.2) is 0 Å². The molecule has 1 unspecified atom stereocenters. The maximum absolute atomic E-state index is 6.32. The Morgan fingerprint density at radius 3 is 2.57 bits per heavy atom. The van der Waals surface area contributed by atoms with Crippen LogP contribution in [0.5, 0.6) is 11.5 Å². The minimum absolute atomic E-state index is 0.172. The number of hydrogen-bond donors (Lipinski definition) is 1. The molecule has 1 aromatic rings. The van der Waals surface area contributed by atoms with Gasteiger partial charge in [-0.15, -0.1) is 0 Å². The van der Waals surface area contributed by atoms with Gasteiger partial charge in [0.1, 0.15) is 0 Å². The molecule has 0 aromatic heterocycles. The van der Waals surface area contributed by atoms with Crippen molar-refractivity contribution in [1.29, 1.82) is 0 Å². The summed E-state index contributed by atoms with van der Waals surface area (Å²) in [6.07, 6.45) is 6.91. The number of nitrogens with two attached hydrogens (primary N) is 1. The summed E-state index contributed by atoms with van der Waals surface area (Å²) in [5, 5.41) is 0. The highest BCUT2D eigenvalue weighted by molar-refractivity contribution is 5.47. The summed E-state index contributed by atoms with van der Waals surface area (Å²) in [5.74, 6) is 2.56. The van der Waals surface area contributed by atoms with E-state index in [0.29, 0.717) is 6.10 Å². The van der Waals surface area contributed by atoms with Gasteiger partial charge in [0.2, 0.25) is 0 Å². The SMILES string of the molecule is CCC(N)Cc1cccc(OC)c1OC1CCC(C)CC1. The zero-order chi connectivity index (χ0) is 15.2. The minimum atomic E-state index is 0.172. The summed E-state index contributed by atoms with van der Waals surface area (Å²) in [6.45, 7) is 4.44. The molecule has 1 aromatic carbocycles. The summed E-state index contributed by atoms with van der Waals surface area (Å²) < 4.78 is 11.8. The smallest absolute Gasteiger partial charge is 0.164 e. The molecule has 3 nitrogen and oxygen atoms in total. The molecule has 118 valence electrons. The van der Waals surface area contributed by atoms with E-state index in [1.54, 1.807) is 7.11 Å². The predicted octanol–water partition coefficient (Wildman–Crippen LogP) is 3.93. The maximum atomic E-state index is 6.32. The molecule has 2 N–H and O–H groups in total. The quantitative estimate of drug-likeness (QED) is 0.863. The molecule has 0 amide bonds. The van der Waals surface area contributed by atoms with Gasteiger partial charge in [-0.1, -0.05) is 26.0 Å². The first-order chi connectivity index (χ1) is 10.1. The van der Waals surface area contributed by atoms with Crippen LogP contribution in [0.1, 0.15) is 51.5 Å². The largest absolute Gasteiger partial charge is 0.493 e. The molecule has 2 rings (SSSR count). The summed E-state index contributed by atoms with van der Waals surface area (Å²) in [7, 11) is 1.70. The van der Waals surface area contributed by atoms with Crippen LogP contribution in [0, 0.1) is 5.92 Å². The van der Waals surface area contributed by atoms with Crippen LogP contribution in [0.4, 0.5) is 0 Å². The second-order valence-electron chi connectivity index (χ2n) is 6.32. The summed E-state index contributed by atoms with van der Waals surface area (Å²) in [4.78, 5) is 0. The van der Waals surface area contributed by atoms with E-state index >= 15 is 0 Å². The number of rotatable bonds is 6. The van der Waals surface area contributed by atoms with Crippen LogP contribution < -0.4 is 15.2 Å².